The summed E-state index contributed by atoms with van der Waals surface area (Å²) in [7, 11) is 0. The molecule has 0 aliphatic rings. The van der Waals surface area contributed by atoms with Crippen molar-refractivity contribution in [1.82, 2.24) is 4.98 Å². The van der Waals surface area contributed by atoms with Gasteiger partial charge < -0.3 is 5.32 Å². The Balaban J connectivity index is 2.21. The molecule has 0 aliphatic carbocycles. The second-order valence-electron chi connectivity index (χ2n) is 5.64. The van der Waals surface area contributed by atoms with Gasteiger partial charge in [-0.2, -0.15) is 0 Å². The molecule has 1 aromatic carbocycles. The molecule has 0 atom stereocenters. The monoisotopic (exact) mass is 332 g/mol. The van der Waals surface area contributed by atoms with Gasteiger partial charge in [0.2, 0.25) is 0 Å². The highest BCUT2D eigenvalue weighted by Gasteiger charge is 2.15. The predicted octanol–water partition coefficient (Wildman–Crippen LogP) is 4.39. The maximum Gasteiger partial charge on any atom is 0.257 e. The zero-order valence-corrected chi connectivity index (χ0v) is 13.4. The van der Waals surface area contributed by atoms with Gasteiger partial charge in [-0.3, -0.25) is 9.78 Å². The molecule has 1 heterocycles. The standard InChI is InChI=1S/C16H17BrN2O/c1-16(2,3)12-6-7-14(13(17)9-12)19-15(20)11-5-4-8-18-10-11/h4-10H,1-3H3,(H,19,20). The van der Waals surface area contributed by atoms with Crippen LogP contribution in [0.2, 0.25) is 0 Å². The van der Waals surface area contributed by atoms with Gasteiger partial charge in [0.05, 0.1) is 11.3 Å². The molecule has 0 fully saturated rings. The summed E-state index contributed by atoms with van der Waals surface area (Å²) in [6.07, 6.45) is 3.19. The fraction of sp³-hybridized carbons (Fsp3) is 0.250. The van der Waals surface area contributed by atoms with E-state index in [-0.39, 0.29) is 11.3 Å². The smallest absolute Gasteiger partial charge is 0.257 e. The van der Waals surface area contributed by atoms with Crippen LogP contribution in [0, 0.1) is 0 Å². The summed E-state index contributed by atoms with van der Waals surface area (Å²) in [5, 5.41) is 2.88. The lowest BCUT2D eigenvalue weighted by Crippen LogP contribution is -2.14. The highest BCUT2D eigenvalue weighted by atomic mass is 79.9. The first-order chi connectivity index (χ1) is 9.38. The molecule has 0 saturated heterocycles. The third-order valence-corrected chi connectivity index (χ3v) is 3.66. The minimum atomic E-state index is -0.165. The lowest BCUT2D eigenvalue weighted by Gasteiger charge is -2.20. The molecule has 2 aromatic rings. The van der Waals surface area contributed by atoms with Crippen LogP contribution >= 0.6 is 15.9 Å². The van der Waals surface area contributed by atoms with Gasteiger partial charge >= 0.3 is 0 Å². The average Bonchev–Trinajstić information content (AvgIpc) is 2.41. The summed E-state index contributed by atoms with van der Waals surface area (Å²) in [5.74, 6) is -0.165. The quantitative estimate of drug-likeness (QED) is 0.885. The number of nitrogens with one attached hydrogen (secondary N) is 1. The first-order valence-electron chi connectivity index (χ1n) is 6.39. The lowest BCUT2D eigenvalue weighted by molar-refractivity contribution is 0.102. The number of anilines is 1. The zero-order chi connectivity index (χ0) is 14.8. The lowest BCUT2D eigenvalue weighted by atomic mass is 9.87. The van der Waals surface area contributed by atoms with E-state index in [1.54, 1.807) is 24.5 Å². The number of hydrogen-bond acceptors (Lipinski definition) is 2. The SMILES string of the molecule is CC(C)(C)c1ccc(NC(=O)c2cccnc2)c(Br)c1. The molecule has 4 heteroatoms. The Kier molecular flexibility index (Phi) is 4.23. The number of carbonyl (C=O) groups is 1. The number of halogens is 1. The van der Waals surface area contributed by atoms with Crippen molar-refractivity contribution in [2.75, 3.05) is 5.32 Å². The van der Waals surface area contributed by atoms with Crippen LogP contribution in [0.3, 0.4) is 0 Å². The Hall–Kier alpha value is -1.68. The number of amides is 1. The van der Waals surface area contributed by atoms with E-state index in [9.17, 15) is 4.79 Å². The van der Waals surface area contributed by atoms with Gasteiger partial charge in [-0.05, 0) is 51.2 Å². The molecule has 0 unspecified atom stereocenters. The fourth-order valence-electron chi connectivity index (χ4n) is 1.77. The number of aromatic nitrogens is 1. The molecule has 0 saturated carbocycles. The second-order valence-corrected chi connectivity index (χ2v) is 6.49. The Morgan fingerprint density at radius 1 is 1.25 bits per heavy atom. The summed E-state index contributed by atoms with van der Waals surface area (Å²) < 4.78 is 0.877. The maximum atomic E-state index is 12.1. The van der Waals surface area contributed by atoms with Crippen molar-refractivity contribution < 1.29 is 4.79 Å². The fourth-order valence-corrected chi connectivity index (χ4v) is 2.25. The number of rotatable bonds is 2. The van der Waals surface area contributed by atoms with Crippen molar-refractivity contribution >= 4 is 27.5 Å². The number of benzene rings is 1. The van der Waals surface area contributed by atoms with E-state index in [0.717, 1.165) is 10.2 Å². The first kappa shape index (κ1) is 14.7. The second kappa shape index (κ2) is 5.75. The van der Waals surface area contributed by atoms with Gasteiger partial charge in [-0.15, -0.1) is 0 Å². The van der Waals surface area contributed by atoms with Gasteiger partial charge in [-0.25, -0.2) is 0 Å². The first-order valence-corrected chi connectivity index (χ1v) is 7.18. The highest BCUT2D eigenvalue weighted by Crippen LogP contribution is 2.30. The number of nitrogens with zero attached hydrogens (tertiary/aromatic N) is 1. The minimum Gasteiger partial charge on any atom is -0.321 e. The van der Waals surface area contributed by atoms with Gasteiger partial charge in [0.25, 0.3) is 5.91 Å². The van der Waals surface area contributed by atoms with Crippen LogP contribution in [-0.4, -0.2) is 10.9 Å². The van der Waals surface area contributed by atoms with Gasteiger partial charge in [0.15, 0.2) is 0 Å². The molecule has 0 spiro atoms. The predicted molar refractivity (Wildman–Crippen MR) is 85.0 cm³/mol. The van der Waals surface area contributed by atoms with Crippen molar-refractivity contribution in [1.29, 1.82) is 0 Å². The van der Waals surface area contributed by atoms with Gasteiger partial charge in [0.1, 0.15) is 0 Å². The van der Waals surface area contributed by atoms with E-state index in [4.69, 9.17) is 0 Å². The summed E-state index contributed by atoms with van der Waals surface area (Å²) >= 11 is 3.51. The molecule has 0 bridgehead atoms. The summed E-state index contributed by atoms with van der Waals surface area (Å²) in [4.78, 5) is 16.0. The van der Waals surface area contributed by atoms with Crippen molar-refractivity contribution in [2.24, 2.45) is 0 Å². The van der Waals surface area contributed by atoms with Crippen LogP contribution in [0.1, 0.15) is 36.7 Å². The Bertz CT molecular complexity index is 618. The van der Waals surface area contributed by atoms with Crippen molar-refractivity contribution in [3.63, 3.8) is 0 Å². The average molecular weight is 333 g/mol. The van der Waals surface area contributed by atoms with Gasteiger partial charge in [0, 0.05) is 16.9 Å². The molecule has 104 valence electrons. The Morgan fingerprint density at radius 2 is 2.00 bits per heavy atom. The van der Waals surface area contributed by atoms with Crippen LogP contribution in [-0.2, 0) is 5.41 Å². The van der Waals surface area contributed by atoms with E-state index in [2.05, 4.69) is 47.0 Å². The summed E-state index contributed by atoms with van der Waals surface area (Å²) in [6.45, 7) is 6.47. The molecule has 0 aliphatic heterocycles. The molecule has 2 rings (SSSR count). The maximum absolute atomic E-state index is 12.1. The molecule has 3 nitrogen and oxygen atoms in total. The van der Waals surface area contributed by atoms with E-state index in [0.29, 0.717) is 5.56 Å². The van der Waals surface area contributed by atoms with Crippen LogP contribution < -0.4 is 5.32 Å². The summed E-state index contributed by atoms with van der Waals surface area (Å²) in [5.41, 5.74) is 2.59. The van der Waals surface area contributed by atoms with E-state index >= 15 is 0 Å². The number of hydrogen-bond donors (Lipinski definition) is 1. The molecule has 1 N–H and O–H groups in total. The molecular formula is C16H17BrN2O. The molecule has 20 heavy (non-hydrogen) atoms. The molecular weight excluding hydrogens is 316 g/mol. The summed E-state index contributed by atoms with van der Waals surface area (Å²) in [6, 6.07) is 9.47. The topological polar surface area (TPSA) is 42.0 Å². The number of carbonyl (C=O) groups excluding carboxylic acids is 1. The van der Waals surface area contributed by atoms with Crippen LogP contribution in [0.15, 0.2) is 47.2 Å². The van der Waals surface area contributed by atoms with Crippen molar-refractivity contribution in [3.05, 3.63) is 58.3 Å². The largest absolute Gasteiger partial charge is 0.321 e. The molecule has 1 amide bonds. The third-order valence-electron chi connectivity index (χ3n) is 3.01. The minimum absolute atomic E-state index is 0.0778. The Labute approximate surface area is 127 Å². The highest BCUT2D eigenvalue weighted by molar-refractivity contribution is 9.10. The van der Waals surface area contributed by atoms with Crippen molar-refractivity contribution in [3.8, 4) is 0 Å². The van der Waals surface area contributed by atoms with E-state index < -0.39 is 0 Å². The van der Waals surface area contributed by atoms with Crippen molar-refractivity contribution in [2.45, 2.75) is 26.2 Å². The third kappa shape index (κ3) is 3.45. The normalized spacial score (nSPS) is 11.2. The van der Waals surface area contributed by atoms with E-state index in [1.165, 1.54) is 5.56 Å². The van der Waals surface area contributed by atoms with Crippen LogP contribution in [0.25, 0.3) is 0 Å². The van der Waals surface area contributed by atoms with Crippen LogP contribution in [0.4, 0.5) is 5.69 Å². The zero-order valence-electron chi connectivity index (χ0n) is 11.8. The van der Waals surface area contributed by atoms with Gasteiger partial charge in [-0.1, -0.05) is 26.8 Å². The van der Waals surface area contributed by atoms with E-state index in [1.807, 2.05) is 18.2 Å². The number of pyridine rings is 1. The van der Waals surface area contributed by atoms with Crippen LogP contribution in [0.5, 0.6) is 0 Å². The molecule has 0 radical (unpaired) electrons. The Morgan fingerprint density at radius 3 is 2.55 bits per heavy atom. The molecule has 1 aromatic heterocycles.